The molecule has 0 aliphatic carbocycles. The number of aromatic nitrogens is 3. The maximum absolute atomic E-state index is 13.1. The Morgan fingerprint density at radius 1 is 1.28 bits per heavy atom. The molecule has 1 N–H and O–H groups in total. The van der Waals surface area contributed by atoms with E-state index in [1.54, 1.807) is 6.33 Å². The van der Waals surface area contributed by atoms with E-state index < -0.39 is 5.82 Å². The van der Waals surface area contributed by atoms with Crippen LogP contribution in [0.25, 0.3) is 5.69 Å². The third-order valence-corrected chi connectivity index (χ3v) is 4.60. The molecule has 0 spiro atoms. The van der Waals surface area contributed by atoms with Gasteiger partial charge in [0.15, 0.2) is 5.16 Å². The first-order valence-electron chi connectivity index (χ1n) is 7.38. The van der Waals surface area contributed by atoms with E-state index in [-0.39, 0.29) is 16.7 Å². The Balaban J connectivity index is 1.64. The molecule has 8 heteroatoms. The number of carbonyl (C=O) groups is 1. The average molecular weight is 377 g/mol. The van der Waals surface area contributed by atoms with Gasteiger partial charge in [0, 0.05) is 11.4 Å². The summed E-state index contributed by atoms with van der Waals surface area (Å²) in [6, 6.07) is 11.9. The van der Waals surface area contributed by atoms with Gasteiger partial charge < -0.3 is 5.32 Å². The number of aryl methyl sites for hydroxylation is 1. The van der Waals surface area contributed by atoms with Crippen LogP contribution in [0.3, 0.4) is 0 Å². The van der Waals surface area contributed by atoms with Gasteiger partial charge in [-0.15, -0.1) is 10.2 Å². The Bertz CT molecular complexity index is 898. The molecule has 0 aliphatic rings. The number of benzene rings is 2. The molecular weight excluding hydrogens is 363 g/mol. The lowest BCUT2D eigenvalue weighted by Gasteiger charge is -2.08. The summed E-state index contributed by atoms with van der Waals surface area (Å²) in [5.41, 5.74) is 2.52. The minimum atomic E-state index is -0.528. The lowest BCUT2D eigenvalue weighted by Crippen LogP contribution is -2.14. The van der Waals surface area contributed by atoms with Crippen molar-refractivity contribution in [2.45, 2.75) is 12.1 Å². The van der Waals surface area contributed by atoms with Crippen LogP contribution < -0.4 is 5.32 Å². The number of hydrogen-bond donors (Lipinski definition) is 1. The third kappa shape index (κ3) is 4.37. The number of rotatable bonds is 5. The number of nitrogens with one attached hydrogen (secondary N) is 1. The van der Waals surface area contributed by atoms with Crippen molar-refractivity contribution < 1.29 is 9.18 Å². The van der Waals surface area contributed by atoms with Crippen LogP contribution in [-0.2, 0) is 4.79 Å². The van der Waals surface area contributed by atoms with Crippen molar-refractivity contribution in [2.24, 2.45) is 0 Å². The van der Waals surface area contributed by atoms with Crippen molar-refractivity contribution in [1.29, 1.82) is 0 Å². The van der Waals surface area contributed by atoms with Crippen LogP contribution in [0.15, 0.2) is 53.9 Å². The normalized spacial score (nSPS) is 10.7. The minimum Gasteiger partial charge on any atom is -0.325 e. The van der Waals surface area contributed by atoms with Gasteiger partial charge in [0.05, 0.1) is 10.8 Å². The Labute approximate surface area is 153 Å². The summed E-state index contributed by atoms with van der Waals surface area (Å²) in [6.45, 7) is 2.01. The molecule has 5 nitrogen and oxygen atoms in total. The van der Waals surface area contributed by atoms with Gasteiger partial charge in [0.1, 0.15) is 12.1 Å². The molecule has 0 unspecified atom stereocenters. The molecule has 2 aromatic carbocycles. The van der Waals surface area contributed by atoms with Crippen molar-refractivity contribution in [3.05, 3.63) is 65.2 Å². The summed E-state index contributed by atoms with van der Waals surface area (Å²) in [4.78, 5) is 12.1. The highest BCUT2D eigenvalue weighted by atomic mass is 35.5. The number of thioether (sulfide) groups is 1. The van der Waals surface area contributed by atoms with Crippen LogP contribution in [0, 0.1) is 12.7 Å². The van der Waals surface area contributed by atoms with Gasteiger partial charge in [0.2, 0.25) is 5.91 Å². The first kappa shape index (κ1) is 17.4. The zero-order chi connectivity index (χ0) is 17.8. The van der Waals surface area contributed by atoms with E-state index in [2.05, 4.69) is 15.5 Å². The molecule has 1 aromatic heterocycles. The smallest absolute Gasteiger partial charge is 0.234 e. The van der Waals surface area contributed by atoms with Gasteiger partial charge in [-0.2, -0.15) is 0 Å². The molecule has 0 atom stereocenters. The molecule has 0 aliphatic heterocycles. The maximum atomic E-state index is 13.1. The molecule has 3 rings (SSSR count). The average Bonchev–Trinajstić information content (AvgIpc) is 3.06. The van der Waals surface area contributed by atoms with Crippen molar-refractivity contribution in [1.82, 2.24) is 14.8 Å². The molecule has 1 heterocycles. The first-order valence-corrected chi connectivity index (χ1v) is 8.74. The van der Waals surface area contributed by atoms with E-state index in [4.69, 9.17) is 11.6 Å². The molecule has 0 bridgehead atoms. The van der Waals surface area contributed by atoms with Crippen LogP contribution in [0.1, 0.15) is 5.56 Å². The number of hydrogen-bond acceptors (Lipinski definition) is 4. The number of carbonyl (C=O) groups excluding carboxylic acids is 1. The van der Waals surface area contributed by atoms with Gasteiger partial charge in [0.25, 0.3) is 0 Å². The highest BCUT2D eigenvalue weighted by Crippen LogP contribution is 2.22. The zero-order valence-electron chi connectivity index (χ0n) is 13.2. The summed E-state index contributed by atoms with van der Waals surface area (Å²) < 4.78 is 14.9. The fourth-order valence-electron chi connectivity index (χ4n) is 2.11. The zero-order valence-corrected chi connectivity index (χ0v) is 14.8. The summed E-state index contributed by atoms with van der Waals surface area (Å²) in [5.74, 6) is -0.633. The van der Waals surface area contributed by atoms with Crippen molar-refractivity contribution in [2.75, 3.05) is 11.1 Å². The Morgan fingerprint density at radius 3 is 2.76 bits per heavy atom. The molecule has 1 amide bonds. The predicted octanol–water partition coefficient (Wildman–Crippen LogP) is 4.10. The van der Waals surface area contributed by atoms with Gasteiger partial charge >= 0.3 is 0 Å². The van der Waals surface area contributed by atoms with E-state index in [9.17, 15) is 9.18 Å². The topological polar surface area (TPSA) is 59.8 Å². The Morgan fingerprint density at radius 2 is 2.04 bits per heavy atom. The first-order chi connectivity index (χ1) is 12.0. The monoisotopic (exact) mass is 376 g/mol. The summed E-state index contributed by atoms with van der Waals surface area (Å²) in [6.07, 6.45) is 1.60. The molecule has 0 saturated heterocycles. The van der Waals surface area contributed by atoms with Crippen LogP contribution in [0.2, 0.25) is 5.02 Å². The molecule has 25 heavy (non-hydrogen) atoms. The van der Waals surface area contributed by atoms with Gasteiger partial charge in [-0.05, 0) is 37.3 Å². The molecule has 0 fully saturated rings. The highest BCUT2D eigenvalue weighted by Gasteiger charge is 2.11. The molecule has 128 valence electrons. The highest BCUT2D eigenvalue weighted by molar-refractivity contribution is 7.99. The quantitative estimate of drug-likeness (QED) is 0.681. The van der Waals surface area contributed by atoms with Gasteiger partial charge in [-0.3, -0.25) is 9.36 Å². The van der Waals surface area contributed by atoms with Crippen molar-refractivity contribution in [3.63, 3.8) is 0 Å². The maximum Gasteiger partial charge on any atom is 0.234 e. The van der Waals surface area contributed by atoms with E-state index in [0.29, 0.717) is 10.8 Å². The second-order valence-corrected chi connectivity index (χ2v) is 6.63. The number of amides is 1. The van der Waals surface area contributed by atoms with E-state index >= 15 is 0 Å². The second kappa shape index (κ2) is 7.67. The Kier molecular flexibility index (Phi) is 5.35. The number of halogens is 2. The molecule has 0 radical (unpaired) electrons. The Hall–Kier alpha value is -2.38. The number of nitrogens with zero attached hydrogens (tertiary/aromatic N) is 3. The lowest BCUT2D eigenvalue weighted by molar-refractivity contribution is -0.113. The summed E-state index contributed by atoms with van der Waals surface area (Å²) in [7, 11) is 0. The van der Waals surface area contributed by atoms with Crippen LogP contribution >= 0.6 is 23.4 Å². The fourth-order valence-corrected chi connectivity index (χ4v) is 3.02. The summed E-state index contributed by atoms with van der Waals surface area (Å²) >= 11 is 6.96. The molecule has 0 saturated carbocycles. The van der Waals surface area contributed by atoms with E-state index in [1.165, 1.54) is 30.0 Å². The number of anilines is 1. The molecular formula is C17H14ClFN4OS. The molecule has 3 aromatic rings. The predicted molar refractivity (Wildman–Crippen MR) is 96.9 cm³/mol. The lowest BCUT2D eigenvalue weighted by atomic mass is 10.2. The third-order valence-electron chi connectivity index (χ3n) is 3.36. The van der Waals surface area contributed by atoms with E-state index in [0.717, 1.165) is 11.3 Å². The largest absolute Gasteiger partial charge is 0.325 e. The van der Waals surface area contributed by atoms with Gasteiger partial charge in [-0.25, -0.2) is 4.39 Å². The minimum absolute atomic E-state index is 0.0374. The SMILES string of the molecule is Cc1ccc(-n2cnnc2SCC(=O)Nc2ccc(F)c(Cl)c2)cc1. The fraction of sp³-hybridized carbons (Fsp3) is 0.118. The van der Waals surface area contributed by atoms with Crippen molar-refractivity contribution >= 4 is 35.0 Å². The second-order valence-electron chi connectivity index (χ2n) is 5.28. The standard InChI is InChI=1S/C17H14ClFN4OS/c1-11-2-5-13(6-3-11)23-10-20-22-17(23)25-9-16(24)21-12-4-7-15(19)14(18)8-12/h2-8,10H,9H2,1H3,(H,21,24). The van der Waals surface area contributed by atoms with Gasteiger partial charge in [-0.1, -0.05) is 41.1 Å². The summed E-state index contributed by atoms with van der Waals surface area (Å²) in [5, 5.41) is 11.2. The van der Waals surface area contributed by atoms with Crippen molar-refractivity contribution in [3.8, 4) is 5.69 Å². The van der Waals surface area contributed by atoms with Crippen LogP contribution in [-0.4, -0.2) is 26.4 Å². The van der Waals surface area contributed by atoms with Crippen LogP contribution in [0.5, 0.6) is 0 Å². The van der Waals surface area contributed by atoms with Crippen LogP contribution in [0.4, 0.5) is 10.1 Å². The van der Waals surface area contributed by atoms with E-state index in [1.807, 2.05) is 35.8 Å².